The van der Waals surface area contributed by atoms with Crippen LogP contribution in [0.15, 0.2) is 18.2 Å². The molecule has 1 unspecified atom stereocenters. The van der Waals surface area contributed by atoms with E-state index < -0.39 is 5.92 Å². The predicted molar refractivity (Wildman–Crippen MR) is 85.6 cm³/mol. The number of halogens is 2. The standard InChI is InChI=1S/C17H19Cl2NO/c18-14-9-6-10-15(19)16(14)13(11-20)17(21)12-7-4-2-1-3-5-8-12/h6,9-10,12-13H,1-5,7-8H2. The Morgan fingerprint density at radius 1 is 1.10 bits per heavy atom. The Labute approximate surface area is 136 Å². The van der Waals surface area contributed by atoms with Crippen LogP contribution < -0.4 is 0 Å². The number of Topliss-reactive ketones (excluding diaryl/α,β-unsaturated/α-hetero) is 1. The molecule has 1 aromatic carbocycles. The van der Waals surface area contributed by atoms with Gasteiger partial charge < -0.3 is 0 Å². The normalized spacial score (nSPS) is 18.3. The summed E-state index contributed by atoms with van der Waals surface area (Å²) in [4.78, 5) is 12.8. The quantitative estimate of drug-likeness (QED) is 0.733. The molecule has 1 atom stereocenters. The molecule has 0 heterocycles. The number of ketones is 1. The Bertz CT molecular complexity index is 522. The lowest BCUT2D eigenvalue weighted by Gasteiger charge is -2.21. The second kappa shape index (κ2) is 7.82. The summed E-state index contributed by atoms with van der Waals surface area (Å²) in [5, 5.41) is 10.3. The molecule has 1 aliphatic carbocycles. The van der Waals surface area contributed by atoms with Crippen LogP contribution in [0, 0.1) is 17.2 Å². The zero-order valence-corrected chi connectivity index (χ0v) is 13.5. The molecule has 21 heavy (non-hydrogen) atoms. The number of hydrogen-bond acceptors (Lipinski definition) is 2. The number of nitriles is 1. The van der Waals surface area contributed by atoms with Crippen molar-refractivity contribution in [3.63, 3.8) is 0 Å². The maximum Gasteiger partial charge on any atom is 0.157 e. The molecule has 0 saturated heterocycles. The molecule has 1 fully saturated rings. The highest BCUT2D eigenvalue weighted by Crippen LogP contribution is 2.35. The summed E-state index contributed by atoms with van der Waals surface area (Å²) in [7, 11) is 0. The lowest BCUT2D eigenvalue weighted by Crippen LogP contribution is -2.23. The maximum atomic E-state index is 12.8. The molecule has 0 spiro atoms. The Kier molecular flexibility index (Phi) is 6.08. The number of benzene rings is 1. The van der Waals surface area contributed by atoms with Crippen molar-refractivity contribution in [1.29, 1.82) is 5.26 Å². The van der Waals surface area contributed by atoms with Crippen LogP contribution in [0.5, 0.6) is 0 Å². The van der Waals surface area contributed by atoms with Crippen molar-refractivity contribution in [2.45, 2.75) is 50.9 Å². The van der Waals surface area contributed by atoms with E-state index in [1.807, 2.05) is 0 Å². The van der Waals surface area contributed by atoms with E-state index >= 15 is 0 Å². The van der Waals surface area contributed by atoms with Gasteiger partial charge >= 0.3 is 0 Å². The van der Waals surface area contributed by atoms with E-state index in [4.69, 9.17) is 23.2 Å². The van der Waals surface area contributed by atoms with E-state index in [1.165, 1.54) is 19.3 Å². The molecular weight excluding hydrogens is 305 g/mol. The summed E-state index contributed by atoms with van der Waals surface area (Å²) >= 11 is 12.3. The van der Waals surface area contributed by atoms with Crippen LogP contribution in [-0.4, -0.2) is 5.78 Å². The zero-order valence-electron chi connectivity index (χ0n) is 11.9. The van der Waals surface area contributed by atoms with Gasteiger partial charge in [-0.1, -0.05) is 61.4 Å². The molecule has 1 saturated carbocycles. The minimum Gasteiger partial charge on any atom is -0.298 e. The molecule has 2 nitrogen and oxygen atoms in total. The topological polar surface area (TPSA) is 40.9 Å². The van der Waals surface area contributed by atoms with Gasteiger partial charge in [-0.05, 0) is 25.0 Å². The minimum atomic E-state index is -0.851. The molecule has 1 aromatic rings. The van der Waals surface area contributed by atoms with Crippen LogP contribution in [0.4, 0.5) is 0 Å². The third-order valence-electron chi connectivity index (χ3n) is 4.21. The number of rotatable bonds is 3. The number of carbonyl (C=O) groups is 1. The van der Waals surface area contributed by atoms with Gasteiger partial charge in [0.05, 0.1) is 6.07 Å². The minimum absolute atomic E-state index is 0.0191. The second-order valence-electron chi connectivity index (χ2n) is 5.64. The van der Waals surface area contributed by atoms with Gasteiger partial charge in [-0.25, -0.2) is 0 Å². The fraction of sp³-hybridized carbons (Fsp3) is 0.529. The molecule has 1 aliphatic rings. The average Bonchev–Trinajstić information content (AvgIpc) is 2.42. The summed E-state index contributed by atoms with van der Waals surface area (Å²) < 4.78 is 0. The third kappa shape index (κ3) is 3.99. The third-order valence-corrected chi connectivity index (χ3v) is 4.87. The summed E-state index contributed by atoms with van der Waals surface area (Å²) in [6.45, 7) is 0. The highest BCUT2D eigenvalue weighted by atomic mass is 35.5. The van der Waals surface area contributed by atoms with E-state index in [-0.39, 0.29) is 11.7 Å². The van der Waals surface area contributed by atoms with Crippen LogP contribution in [0.1, 0.15) is 56.4 Å². The van der Waals surface area contributed by atoms with Gasteiger partial charge in [0.2, 0.25) is 0 Å². The van der Waals surface area contributed by atoms with Gasteiger partial charge in [0.15, 0.2) is 5.78 Å². The van der Waals surface area contributed by atoms with E-state index in [0.29, 0.717) is 15.6 Å². The molecule has 4 heteroatoms. The summed E-state index contributed by atoms with van der Waals surface area (Å²) in [5.41, 5.74) is 0.468. The van der Waals surface area contributed by atoms with Crippen LogP contribution in [0.25, 0.3) is 0 Å². The van der Waals surface area contributed by atoms with Crippen molar-refractivity contribution < 1.29 is 4.79 Å². The SMILES string of the molecule is N#CC(C(=O)C1CCCCCCC1)c1c(Cl)cccc1Cl. The maximum absolute atomic E-state index is 12.8. The molecule has 2 rings (SSSR count). The van der Waals surface area contributed by atoms with Gasteiger partial charge in [0.1, 0.15) is 5.92 Å². The first-order valence-corrected chi connectivity index (χ1v) is 8.28. The summed E-state index contributed by atoms with van der Waals surface area (Å²) in [6.07, 6.45) is 7.47. The predicted octanol–water partition coefficient (Wildman–Crippen LogP) is 5.53. The average molecular weight is 324 g/mol. The highest BCUT2D eigenvalue weighted by molar-refractivity contribution is 6.36. The lowest BCUT2D eigenvalue weighted by atomic mass is 9.81. The molecule has 0 bridgehead atoms. The van der Waals surface area contributed by atoms with Crippen LogP contribution in [0.2, 0.25) is 10.0 Å². The molecule has 0 aliphatic heterocycles. The Balaban J connectivity index is 2.24. The van der Waals surface area contributed by atoms with E-state index in [1.54, 1.807) is 18.2 Å². The highest BCUT2D eigenvalue weighted by Gasteiger charge is 2.31. The van der Waals surface area contributed by atoms with Crippen LogP contribution >= 0.6 is 23.2 Å². The number of hydrogen-bond donors (Lipinski definition) is 0. The van der Waals surface area contributed by atoms with Crippen molar-refractivity contribution in [1.82, 2.24) is 0 Å². The number of carbonyl (C=O) groups excluding carboxylic acids is 1. The van der Waals surface area contributed by atoms with E-state index in [2.05, 4.69) is 6.07 Å². The van der Waals surface area contributed by atoms with Gasteiger partial charge in [-0.15, -0.1) is 0 Å². The molecule has 0 amide bonds. The monoisotopic (exact) mass is 323 g/mol. The molecule has 0 N–H and O–H groups in total. The first-order valence-electron chi connectivity index (χ1n) is 7.52. The fourth-order valence-electron chi connectivity index (χ4n) is 3.03. The van der Waals surface area contributed by atoms with Gasteiger partial charge in [-0.3, -0.25) is 4.79 Å². The van der Waals surface area contributed by atoms with Crippen LogP contribution in [0.3, 0.4) is 0 Å². The first kappa shape index (κ1) is 16.3. The fourth-order valence-corrected chi connectivity index (χ4v) is 3.65. The Hall–Kier alpha value is -1.04. The summed E-state index contributed by atoms with van der Waals surface area (Å²) in [6, 6.07) is 7.20. The Morgan fingerprint density at radius 3 is 2.14 bits per heavy atom. The molecular formula is C17H19Cl2NO. The van der Waals surface area contributed by atoms with Crippen molar-refractivity contribution in [3.05, 3.63) is 33.8 Å². The molecule has 0 aromatic heterocycles. The van der Waals surface area contributed by atoms with Crippen LogP contribution in [-0.2, 0) is 4.79 Å². The largest absolute Gasteiger partial charge is 0.298 e. The molecule has 0 radical (unpaired) electrons. The van der Waals surface area contributed by atoms with Crippen molar-refractivity contribution in [2.75, 3.05) is 0 Å². The summed E-state index contributed by atoms with van der Waals surface area (Å²) in [5.74, 6) is -0.910. The lowest BCUT2D eigenvalue weighted by molar-refractivity contribution is -0.123. The van der Waals surface area contributed by atoms with Gasteiger partial charge in [0.25, 0.3) is 0 Å². The number of nitrogens with zero attached hydrogens (tertiary/aromatic N) is 1. The second-order valence-corrected chi connectivity index (χ2v) is 6.46. The van der Waals surface area contributed by atoms with Crippen molar-refractivity contribution >= 4 is 29.0 Å². The molecule has 112 valence electrons. The zero-order chi connectivity index (χ0) is 15.2. The first-order chi connectivity index (χ1) is 10.1. The van der Waals surface area contributed by atoms with Gasteiger partial charge in [-0.2, -0.15) is 5.26 Å². The smallest absolute Gasteiger partial charge is 0.157 e. The van der Waals surface area contributed by atoms with E-state index in [0.717, 1.165) is 25.7 Å². The Morgan fingerprint density at radius 2 is 1.62 bits per heavy atom. The van der Waals surface area contributed by atoms with Crippen molar-refractivity contribution in [3.8, 4) is 6.07 Å². The van der Waals surface area contributed by atoms with Gasteiger partial charge in [0, 0.05) is 21.5 Å². The van der Waals surface area contributed by atoms with E-state index in [9.17, 15) is 10.1 Å². The van der Waals surface area contributed by atoms with Crippen molar-refractivity contribution in [2.24, 2.45) is 5.92 Å².